The average Bonchev–Trinajstić information content (AvgIpc) is 2.91. The SMILES string of the molecule is Cc1cc2nc(-c3ccccn3)ccc2c(-c2ccc3c4c(ccnc24)CCO3)c1[C@H](OC(C)(C)C)C(=O)O. The summed E-state index contributed by atoms with van der Waals surface area (Å²) < 4.78 is 12.2. The number of aromatic nitrogens is 3. The van der Waals surface area contributed by atoms with Gasteiger partial charge in [-0.2, -0.15) is 0 Å². The number of hydrogen-bond donors (Lipinski definition) is 1. The van der Waals surface area contributed by atoms with Crippen molar-refractivity contribution in [3.63, 3.8) is 0 Å². The van der Waals surface area contributed by atoms with E-state index in [1.165, 1.54) is 0 Å². The van der Waals surface area contributed by atoms with Crippen molar-refractivity contribution in [3.05, 3.63) is 83.7 Å². The van der Waals surface area contributed by atoms with Gasteiger partial charge in [0.2, 0.25) is 0 Å². The van der Waals surface area contributed by atoms with Crippen molar-refractivity contribution in [3.8, 4) is 28.3 Å². The molecular weight excluding hydrogens is 490 g/mol. The first-order valence-corrected chi connectivity index (χ1v) is 13.0. The van der Waals surface area contributed by atoms with E-state index in [0.717, 1.165) is 67.6 Å². The molecule has 0 aliphatic carbocycles. The normalized spacial score (nSPS) is 13.8. The van der Waals surface area contributed by atoms with Gasteiger partial charge < -0.3 is 14.6 Å². The van der Waals surface area contributed by atoms with Crippen LogP contribution in [0.3, 0.4) is 0 Å². The molecule has 1 N–H and O–H groups in total. The fourth-order valence-electron chi connectivity index (χ4n) is 5.40. The van der Waals surface area contributed by atoms with Gasteiger partial charge in [0.25, 0.3) is 0 Å². The lowest BCUT2D eigenvalue weighted by atomic mass is 9.86. The Balaban J connectivity index is 1.70. The zero-order valence-corrected chi connectivity index (χ0v) is 22.4. The van der Waals surface area contributed by atoms with Gasteiger partial charge in [-0.25, -0.2) is 9.78 Å². The van der Waals surface area contributed by atoms with Crippen LogP contribution in [0.4, 0.5) is 0 Å². The van der Waals surface area contributed by atoms with Gasteiger partial charge in [0.15, 0.2) is 6.10 Å². The molecule has 0 bridgehead atoms. The van der Waals surface area contributed by atoms with Gasteiger partial charge in [0, 0.05) is 40.7 Å². The van der Waals surface area contributed by atoms with Gasteiger partial charge in [-0.15, -0.1) is 0 Å². The maximum absolute atomic E-state index is 12.7. The predicted molar refractivity (Wildman–Crippen MR) is 151 cm³/mol. The third-order valence-electron chi connectivity index (χ3n) is 6.97. The monoisotopic (exact) mass is 519 g/mol. The van der Waals surface area contributed by atoms with Crippen molar-refractivity contribution < 1.29 is 19.4 Å². The van der Waals surface area contributed by atoms with Crippen LogP contribution in [-0.4, -0.2) is 38.2 Å². The summed E-state index contributed by atoms with van der Waals surface area (Å²) >= 11 is 0. The van der Waals surface area contributed by atoms with Crippen molar-refractivity contribution in [2.24, 2.45) is 0 Å². The molecule has 3 aromatic heterocycles. The summed E-state index contributed by atoms with van der Waals surface area (Å²) in [6.07, 6.45) is 3.15. The summed E-state index contributed by atoms with van der Waals surface area (Å²) in [7, 11) is 0. The second kappa shape index (κ2) is 9.43. The third kappa shape index (κ3) is 4.49. The van der Waals surface area contributed by atoms with Crippen LogP contribution in [0.25, 0.3) is 44.3 Å². The van der Waals surface area contributed by atoms with Crippen LogP contribution in [0.1, 0.15) is 43.6 Å². The van der Waals surface area contributed by atoms with Crippen LogP contribution in [0.5, 0.6) is 5.75 Å². The molecule has 0 amide bonds. The summed E-state index contributed by atoms with van der Waals surface area (Å²) in [5, 5.41) is 12.2. The minimum absolute atomic E-state index is 0.594. The molecule has 4 heterocycles. The van der Waals surface area contributed by atoms with E-state index >= 15 is 0 Å². The number of carboxylic acid groups (broad SMARTS) is 1. The van der Waals surface area contributed by atoms with E-state index in [9.17, 15) is 9.90 Å². The highest BCUT2D eigenvalue weighted by Gasteiger charge is 2.33. The quantitative estimate of drug-likeness (QED) is 0.276. The molecule has 39 heavy (non-hydrogen) atoms. The molecule has 1 aliphatic rings. The zero-order valence-electron chi connectivity index (χ0n) is 22.4. The summed E-state index contributed by atoms with van der Waals surface area (Å²) in [6, 6.07) is 17.5. The number of rotatable bonds is 5. The molecule has 0 saturated heterocycles. The molecule has 6 rings (SSSR count). The van der Waals surface area contributed by atoms with Crippen LogP contribution in [0.15, 0.2) is 67.0 Å². The van der Waals surface area contributed by atoms with Crippen molar-refractivity contribution in [2.45, 2.75) is 45.8 Å². The molecule has 7 nitrogen and oxygen atoms in total. The van der Waals surface area contributed by atoms with E-state index in [4.69, 9.17) is 19.4 Å². The predicted octanol–water partition coefficient (Wildman–Crippen LogP) is 6.70. The minimum atomic E-state index is -1.19. The molecule has 0 unspecified atom stereocenters. The summed E-state index contributed by atoms with van der Waals surface area (Å²) in [6.45, 7) is 8.12. The van der Waals surface area contributed by atoms with Crippen LogP contribution in [-0.2, 0) is 16.0 Å². The van der Waals surface area contributed by atoms with Crippen molar-refractivity contribution in [1.82, 2.24) is 15.0 Å². The molecule has 1 atom stereocenters. The third-order valence-corrected chi connectivity index (χ3v) is 6.97. The molecule has 196 valence electrons. The van der Waals surface area contributed by atoms with E-state index in [1.807, 2.05) is 88.5 Å². The molecule has 5 aromatic rings. The van der Waals surface area contributed by atoms with Crippen LogP contribution < -0.4 is 4.74 Å². The standard InChI is InChI=1S/C32H29N3O4/c1-18-17-24-20(8-10-23(35-24)22-7-5-6-14-33-22)28(26(18)30(31(36)37)39-32(2,3)4)21-9-11-25-27-19(13-16-38-25)12-15-34-29(21)27/h5-12,14-15,17,30H,13,16H2,1-4H3,(H,36,37)/t30-/m0/s1. The topological polar surface area (TPSA) is 94.4 Å². The molecule has 0 spiro atoms. The van der Waals surface area contributed by atoms with E-state index in [0.29, 0.717) is 12.2 Å². The number of pyridine rings is 3. The Labute approximate surface area is 226 Å². The van der Waals surface area contributed by atoms with Gasteiger partial charge in [-0.3, -0.25) is 9.97 Å². The van der Waals surface area contributed by atoms with Gasteiger partial charge in [-0.05, 0) is 92.9 Å². The summed E-state index contributed by atoms with van der Waals surface area (Å²) in [4.78, 5) is 26.9. The molecule has 0 fully saturated rings. The second-order valence-corrected chi connectivity index (χ2v) is 10.8. The first-order valence-electron chi connectivity index (χ1n) is 13.0. The highest BCUT2D eigenvalue weighted by Crippen LogP contribution is 2.45. The van der Waals surface area contributed by atoms with Crippen LogP contribution >= 0.6 is 0 Å². The molecular formula is C32H29N3O4. The van der Waals surface area contributed by atoms with E-state index in [2.05, 4.69) is 4.98 Å². The number of ether oxygens (including phenoxy) is 2. The van der Waals surface area contributed by atoms with Gasteiger partial charge in [0.1, 0.15) is 5.75 Å². The van der Waals surface area contributed by atoms with Crippen LogP contribution in [0.2, 0.25) is 0 Å². The zero-order chi connectivity index (χ0) is 27.3. The summed E-state index contributed by atoms with van der Waals surface area (Å²) in [5.41, 5.74) is 6.44. The Morgan fingerprint density at radius 1 is 1.03 bits per heavy atom. The Morgan fingerprint density at radius 3 is 2.62 bits per heavy atom. The maximum Gasteiger partial charge on any atom is 0.337 e. The second-order valence-electron chi connectivity index (χ2n) is 10.8. The van der Waals surface area contributed by atoms with Crippen LogP contribution in [0, 0.1) is 6.92 Å². The molecule has 7 heteroatoms. The highest BCUT2D eigenvalue weighted by atomic mass is 16.5. The number of aryl methyl sites for hydroxylation is 1. The van der Waals surface area contributed by atoms with Gasteiger partial charge >= 0.3 is 5.97 Å². The van der Waals surface area contributed by atoms with Crippen molar-refractivity contribution in [2.75, 3.05) is 6.61 Å². The largest absolute Gasteiger partial charge is 0.493 e. The Morgan fingerprint density at radius 2 is 1.87 bits per heavy atom. The first kappa shape index (κ1) is 24.9. The molecule has 0 radical (unpaired) electrons. The summed E-state index contributed by atoms with van der Waals surface area (Å²) in [5.74, 6) is -0.261. The number of fused-ring (bicyclic) bond motifs is 1. The Kier molecular flexibility index (Phi) is 6.03. The van der Waals surface area contributed by atoms with E-state index in [-0.39, 0.29) is 0 Å². The van der Waals surface area contributed by atoms with E-state index < -0.39 is 17.7 Å². The Bertz CT molecular complexity index is 1730. The molecule has 1 aliphatic heterocycles. The van der Waals surface area contributed by atoms with E-state index in [1.54, 1.807) is 6.20 Å². The minimum Gasteiger partial charge on any atom is -0.493 e. The lowest BCUT2D eigenvalue weighted by Gasteiger charge is -2.29. The van der Waals surface area contributed by atoms with Gasteiger partial charge in [-0.1, -0.05) is 6.07 Å². The highest BCUT2D eigenvalue weighted by molar-refractivity contribution is 6.08. The maximum atomic E-state index is 12.7. The number of aliphatic carboxylic acids is 1. The van der Waals surface area contributed by atoms with Crippen molar-refractivity contribution in [1.29, 1.82) is 0 Å². The first-order chi connectivity index (χ1) is 18.7. The van der Waals surface area contributed by atoms with Crippen molar-refractivity contribution >= 4 is 27.8 Å². The average molecular weight is 520 g/mol. The number of nitrogens with zero attached hydrogens (tertiary/aromatic N) is 3. The molecule has 2 aromatic carbocycles. The lowest BCUT2D eigenvalue weighted by molar-refractivity contribution is -0.160. The smallest absolute Gasteiger partial charge is 0.337 e. The molecule has 0 saturated carbocycles. The number of hydrogen-bond acceptors (Lipinski definition) is 6. The number of benzene rings is 2. The number of carboxylic acids is 1. The Hall–Kier alpha value is -4.36. The van der Waals surface area contributed by atoms with Gasteiger partial charge in [0.05, 0.1) is 34.6 Å². The lowest BCUT2D eigenvalue weighted by Crippen LogP contribution is -2.28. The fraction of sp³-hybridized carbons (Fsp3) is 0.250. The fourth-order valence-corrected chi connectivity index (χ4v) is 5.40. The number of carbonyl (C=O) groups is 1.